The number of rotatable bonds is 5. The van der Waals surface area contributed by atoms with E-state index in [0.29, 0.717) is 28.6 Å². The number of benzene rings is 1. The molecule has 7 nitrogen and oxygen atoms in total. The summed E-state index contributed by atoms with van der Waals surface area (Å²) in [5, 5.41) is 8.99. The Hall–Kier alpha value is -2.80. The van der Waals surface area contributed by atoms with E-state index in [2.05, 4.69) is 27.1 Å². The summed E-state index contributed by atoms with van der Waals surface area (Å²) >= 11 is 5.90. The molecule has 1 fully saturated rings. The first-order valence-corrected chi connectivity index (χ1v) is 10.7. The van der Waals surface area contributed by atoms with Gasteiger partial charge in [0.25, 0.3) is 5.91 Å². The monoisotopic (exact) mass is 424 g/mol. The number of aromatic nitrogens is 5. The highest BCUT2D eigenvalue weighted by molar-refractivity contribution is 6.30. The smallest absolute Gasteiger partial charge is 0.256 e. The number of likely N-dealkylation sites (tertiary alicyclic amines) is 1. The second-order valence-electron chi connectivity index (χ2n) is 7.88. The summed E-state index contributed by atoms with van der Waals surface area (Å²) in [5.74, 6) is 1.19. The van der Waals surface area contributed by atoms with Gasteiger partial charge in [-0.1, -0.05) is 30.2 Å². The molecule has 0 N–H and O–H groups in total. The molecule has 2 atom stereocenters. The van der Waals surface area contributed by atoms with Crippen molar-refractivity contribution in [2.24, 2.45) is 5.92 Å². The predicted molar refractivity (Wildman–Crippen MR) is 115 cm³/mol. The molecule has 156 valence electrons. The number of hydrogen-bond acceptors (Lipinski definition) is 5. The number of piperidine rings is 1. The lowest BCUT2D eigenvalue weighted by atomic mass is 9.87. The molecular formula is C22H25ClN6O. The number of carbonyl (C=O) groups is 1. The van der Waals surface area contributed by atoms with Gasteiger partial charge in [-0.2, -0.15) is 15.0 Å². The molecule has 0 bridgehead atoms. The summed E-state index contributed by atoms with van der Waals surface area (Å²) in [6, 6.07) is 5.94. The molecule has 30 heavy (non-hydrogen) atoms. The lowest BCUT2D eigenvalue weighted by molar-refractivity contribution is 0.0498. The average molecular weight is 425 g/mol. The van der Waals surface area contributed by atoms with Crippen LogP contribution in [0.2, 0.25) is 5.02 Å². The zero-order valence-electron chi connectivity index (χ0n) is 17.2. The van der Waals surface area contributed by atoms with Crippen LogP contribution in [0.5, 0.6) is 0 Å². The summed E-state index contributed by atoms with van der Waals surface area (Å²) in [4.78, 5) is 25.8. The van der Waals surface area contributed by atoms with E-state index < -0.39 is 0 Å². The summed E-state index contributed by atoms with van der Waals surface area (Å²) in [7, 11) is 0. The van der Waals surface area contributed by atoms with Gasteiger partial charge in [0.2, 0.25) is 0 Å². The van der Waals surface area contributed by atoms with Gasteiger partial charge in [0.1, 0.15) is 5.82 Å². The summed E-state index contributed by atoms with van der Waals surface area (Å²) in [6.07, 6.45) is 10.1. The van der Waals surface area contributed by atoms with Gasteiger partial charge in [0, 0.05) is 31.4 Å². The van der Waals surface area contributed by atoms with Crippen LogP contribution in [-0.4, -0.2) is 48.4 Å². The molecular weight excluding hydrogens is 400 g/mol. The van der Waals surface area contributed by atoms with E-state index in [1.54, 1.807) is 24.8 Å². The SMILES string of the molecule is Cc1ccc(-n2nccn2)c(C(=O)N2CCC[C@@H](C)C2CCc2ncc(Cl)cn2)c1. The van der Waals surface area contributed by atoms with Crippen molar-refractivity contribution in [2.45, 2.75) is 45.6 Å². The zero-order chi connectivity index (χ0) is 21.1. The second kappa shape index (κ2) is 8.92. The molecule has 0 radical (unpaired) electrons. The van der Waals surface area contributed by atoms with Crippen LogP contribution in [0.1, 0.15) is 47.9 Å². The highest BCUT2D eigenvalue weighted by atomic mass is 35.5. The maximum atomic E-state index is 13.7. The molecule has 1 saturated heterocycles. The van der Waals surface area contributed by atoms with Gasteiger partial charge in [0.05, 0.1) is 28.7 Å². The van der Waals surface area contributed by atoms with Crippen molar-refractivity contribution in [1.29, 1.82) is 0 Å². The topological polar surface area (TPSA) is 76.8 Å². The lowest BCUT2D eigenvalue weighted by Crippen LogP contribution is -2.48. The third-order valence-electron chi connectivity index (χ3n) is 5.73. The van der Waals surface area contributed by atoms with E-state index in [1.807, 2.05) is 30.0 Å². The molecule has 1 amide bonds. The van der Waals surface area contributed by atoms with Crippen LogP contribution in [0.4, 0.5) is 0 Å². The Morgan fingerprint density at radius 2 is 1.93 bits per heavy atom. The van der Waals surface area contributed by atoms with Gasteiger partial charge in [-0.3, -0.25) is 4.79 Å². The molecule has 0 spiro atoms. The van der Waals surface area contributed by atoms with Crippen molar-refractivity contribution in [1.82, 2.24) is 29.9 Å². The normalized spacial score (nSPS) is 19.1. The quantitative estimate of drug-likeness (QED) is 0.620. The number of carbonyl (C=O) groups excluding carboxylic acids is 1. The van der Waals surface area contributed by atoms with Crippen molar-refractivity contribution in [2.75, 3.05) is 6.54 Å². The first-order chi connectivity index (χ1) is 14.5. The molecule has 0 aliphatic carbocycles. The Bertz CT molecular complexity index is 1000. The summed E-state index contributed by atoms with van der Waals surface area (Å²) in [5.41, 5.74) is 2.37. The Kier molecular flexibility index (Phi) is 6.08. The van der Waals surface area contributed by atoms with Crippen LogP contribution in [0.15, 0.2) is 43.0 Å². The van der Waals surface area contributed by atoms with Crippen molar-refractivity contribution < 1.29 is 4.79 Å². The Balaban J connectivity index is 1.60. The first kappa shape index (κ1) is 20.5. The van der Waals surface area contributed by atoms with E-state index in [4.69, 9.17) is 11.6 Å². The van der Waals surface area contributed by atoms with Crippen molar-refractivity contribution in [3.8, 4) is 5.69 Å². The zero-order valence-corrected chi connectivity index (χ0v) is 18.0. The van der Waals surface area contributed by atoms with Crippen LogP contribution in [0, 0.1) is 12.8 Å². The van der Waals surface area contributed by atoms with Crippen LogP contribution >= 0.6 is 11.6 Å². The van der Waals surface area contributed by atoms with Gasteiger partial charge in [-0.15, -0.1) is 0 Å². The molecule has 3 aromatic rings. The van der Waals surface area contributed by atoms with Crippen LogP contribution in [0.25, 0.3) is 5.69 Å². The summed E-state index contributed by atoms with van der Waals surface area (Å²) < 4.78 is 0. The fourth-order valence-electron chi connectivity index (χ4n) is 4.18. The van der Waals surface area contributed by atoms with Crippen molar-refractivity contribution >= 4 is 17.5 Å². The molecule has 3 heterocycles. The van der Waals surface area contributed by atoms with E-state index in [-0.39, 0.29) is 11.9 Å². The number of hydrogen-bond donors (Lipinski definition) is 0. The van der Waals surface area contributed by atoms with E-state index in [0.717, 1.165) is 37.2 Å². The lowest BCUT2D eigenvalue weighted by Gasteiger charge is -2.40. The minimum absolute atomic E-state index is 0.0274. The first-order valence-electron chi connectivity index (χ1n) is 10.3. The molecule has 2 aromatic heterocycles. The van der Waals surface area contributed by atoms with Gasteiger partial charge in [0.15, 0.2) is 0 Å². The average Bonchev–Trinajstić information content (AvgIpc) is 3.28. The standard InChI is InChI=1S/C22H25ClN6O/c1-15-5-6-20(29-26-9-10-27-29)18(12-15)22(30)28-11-3-4-16(2)19(28)7-8-21-24-13-17(23)14-25-21/h5-6,9-10,12-14,16,19H,3-4,7-8,11H2,1-2H3/t16-,19?/m1/s1. The van der Waals surface area contributed by atoms with E-state index in [9.17, 15) is 4.79 Å². The van der Waals surface area contributed by atoms with Crippen LogP contribution < -0.4 is 0 Å². The van der Waals surface area contributed by atoms with Gasteiger partial charge in [-0.05, 0) is 44.2 Å². The second-order valence-corrected chi connectivity index (χ2v) is 8.32. The van der Waals surface area contributed by atoms with Crippen molar-refractivity contribution in [3.05, 3.63) is 65.0 Å². The minimum atomic E-state index is 0.0274. The molecule has 0 saturated carbocycles. The summed E-state index contributed by atoms with van der Waals surface area (Å²) in [6.45, 7) is 4.96. The molecule has 1 unspecified atom stereocenters. The number of aryl methyl sites for hydroxylation is 2. The van der Waals surface area contributed by atoms with Crippen LogP contribution in [-0.2, 0) is 6.42 Å². The van der Waals surface area contributed by atoms with Gasteiger partial charge >= 0.3 is 0 Å². The number of halogens is 1. The maximum Gasteiger partial charge on any atom is 0.256 e. The predicted octanol–water partition coefficient (Wildman–Crippen LogP) is 3.89. The third kappa shape index (κ3) is 4.36. The maximum absolute atomic E-state index is 13.7. The highest BCUT2D eigenvalue weighted by Crippen LogP contribution is 2.29. The minimum Gasteiger partial charge on any atom is -0.335 e. The van der Waals surface area contributed by atoms with Gasteiger partial charge in [-0.25, -0.2) is 9.97 Å². The highest BCUT2D eigenvalue weighted by Gasteiger charge is 2.33. The number of nitrogens with zero attached hydrogens (tertiary/aromatic N) is 6. The number of amides is 1. The molecule has 8 heteroatoms. The third-order valence-corrected chi connectivity index (χ3v) is 5.93. The van der Waals surface area contributed by atoms with E-state index >= 15 is 0 Å². The van der Waals surface area contributed by atoms with Gasteiger partial charge < -0.3 is 4.90 Å². The molecule has 1 aliphatic rings. The largest absolute Gasteiger partial charge is 0.335 e. The van der Waals surface area contributed by atoms with E-state index in [1.165, 1.54) is 4.80 Å². The Morgan fingerprint density at radius 1 is 1.20 bits per heavy atom. The fraction of sp³-hybridized carbons (Fsp3) is 0.409. The molecule has 1 aliphatic heterocycles. The van der Waals surface area contributed by atoms with Crippen molar-refractivity contribution in [3.63, 3.8) is 0 Å². The fourth-order valence-corrected chi connectivity index (χ4v) is 4.27. The Morgan fingerprint density at radius 3 is 2.67 bits per heavy atom. The van der Waals surface area contributed by atoms with Crippen LogP contribution in [0.3, 0.4) is 0 Å². The molecule has 1 aromatic carbocycles. The Labute approximate surface area is 181 Å². The molecule has 4 rings (SSSR count).